The Balaban J connectivity index is 4.63. The van der Waals surface area contributed by atoms with Crippen molar-refractivity contribution in [3.8, 4) is 0 Å². The first-order valence-corrected chi connectivity index (χ1v) is 5.14. The molecule has 3 unspecified atom stereocenters. The molecule has 0 aliphatic carbocycles. The normalized spacial score (nSPS) is 20.9. The lowest BCUT2D eigenvalue weighted by Gasteiger charge is -2.12. The number of aliphatic carboxylic acids is 1. The summed E-state index contributed by atoms with van der Waals surface area (Å²) < 4.78 is 36.0. The molecule has 0 aliphatic heterocycles. The molecular weight excluding hydrogens is 208 g/mol. The molecule has 0 aromatic carbocycles. The predicted molar refractivity (Wildman–Crippen MR) is 42.1 cm³/mol. The Hall–Kier alpha value is -0.310. The zero-order valence-electron chi connectivity index (χ0n) is 6.04. The molecule has 0 saturated carbocycles. The van der Waals surface area contributed by atoms with Crippen molar-refractivity contribution >= 4 is 28.1 Å². The van der Waals surface area contributed by atoms with Gasteiger partial charge in [-0.25, -0.2) is 8.42 Å². The number of carbonyl (C=O) groups is 1. The standard InChI is InChI=1S/C4H8O6S2/c1-2(3(5)6)4(11(7)8)12(9)10/h2,4H,1H3,(H,5,6)(H,7,8)(H,9,10). The van der Waals surface area contributed by atoms with E-state index in [1.54, 1.807) is 0 Å². The minimum atomic E-state index is -2.62. The molecule has 0 spiro atoms. The van der Waals surface area contributed by atoms with Gasteiger partial charge in [0.25, 0.3) is 0 Å². The van der Waals surface area contributed by atoms with Crippen LogP contribution >= 0.6 is 0 Å². The molecule has 0 aromatic rings. The molecule has 12 heavy (non-hydrogen) atoms. The Bertz CT molecular complexity index is 212. The van der Waals surface area contributed by atoms with Crippen LogP contribution in [0.25, 0.3) is 0 Å². The number of carboxylic acids is 1. The summed E-state index contributed by atoms with van der Waals surface area (Å²) in [6.07, 6.45) is 0. The van der Waals surface area contributed by atoms with Crippen LogP contribution < -0.4 is 0 Å². The quantitative estimate of drug-likeness (QED) is 0.545. The van der Waals surface area contributed by atoms with Gasteiger partial charge in [-0.05, 0) is 6.92 Å². The highest BCUT2D eigenvalue weighted by atomic mass is 32.3. The third kappa shape index (κ3) is 2.97. The van der Waals surface area contributed by atoms with E-state index < -0.39 is 38.6 Å². The Morgan fingerprint density at radius 2 is 1.58 bits per heavy atom. The van der Waals surface area contributed by atoms with Crippen LogP contribution in [0.4, 0.5) is 0 Å². The van der Waals surface area contributed by atoms with Gasteiger partial charge in [0.1, 0.15) is 0 Å². The first kappa shape index (κ1) is 11.7. The summed E-state index contributed by atoms with van der Waals surface area (Å²) >= 11 is -5.23. The van der Waals surface area contributed by atoms with Crippen molar-refractivity contribution < 1.29 is 27.4 Å². The lowest BCUT2D eigenvalue weighted by Crippen LogP contribution is -2.32. The molecule has 3 N–H and O–H groups in total. The monoisotopic (exact) mass is 216 g/mol. The molecule has 3 atom stereocenters. The smallest absolute Gasteiger partial charge is 0.308 e. The van der Waals surface area contributed by atoms with E-state index in [9.17, 15) is 13.2 Å². The van der Waals surface area contributed by atoms with Gasteiger partial charge in [0.2, 0.25) is 0 Å². The van der Waals surface area contributed by atoms with Crippen molar-refractivity contribution in [3.05, 3.63) is 0 Å². The maximum atomic E-state index is 10.4. The van der Waals surface area contributed by atoms with E-state index in [0.29, 0.717) is 0 Å². The van der Waals surface area contributed by atoms with E-state index >= 15 is 0 Å². The van der Waals surface area contributed by atoms with Crippen molar-refractivity contribution in [2.75, 3.05) is 0 Å². The van der Waals surface area contributed by atoms with Gasteiger partial charge in [0.15, 0.2) is 26.7 Å². The van der Waals surface area contributed by atoms with Crippen molar-refractivity contribution in [1.82, 2.24) is 0 Å². The molecule has 0 aliphatic rings. The van der Waals surface area contributed by atoms with Crippen LogP contribution in [0.15, 0.2) is 0 Å². The third-order valence-corrected chi connectivity index (χ3v) is 3.79. The maximum absolute atomic E-state index is 10.4. The van der Waals surface area contributed by atoms with Gasteiger partial charge in [-0.1, -0.05) is 0 Å². The number of carboxylic acid groups (broad SMARTS) is 1. The van der Waals surface area contributed by atoms with Crippen molar-refractivity contribution in [2.24, 2.45) is 5.92 Å². The first-order valence-electron chi connectivity index (χ1n) is 2.80. The average Bonchev–Trinajstić information content (AvgIpc) is 1.85. The number of hydrogen-bond acceptors (Lipinski definition) is 3. The molecule has 0 radical (unpaired) electrons. The first-order chi connectivity index (χ1) is 5.37. The number of hydrogen-bond donors (Lipinski definition) is 3. The highest BCUT2D eigenvalue weighted by molar-refractivity contribution is 7.97. The molecule has 0 fully saturated rings. The Labute approximate surface area is 73.5 Å². The second kappa shape index (κ2) is 4.65. The van der Waals surface area contributed by atoms with Gasteiger partial charge in [-0.15, -0.1) is 0 Å². The summed E-state index contributed by atoms with van der Waals surface area (Å²) in [5, 5.41) is 8.36. The van der Waals surface area contributed by atoms with Crippen LogP contribution in [0.2, 0.25) is 0 Å². The van der Waals surface area contributed by atoms with Crippen LogP contribution in [0.5, 0.6) is 0 Å². The third-order valence-electron chi connectivity index (χ3n) is 1.20. The second-order valence-electron chi connectivity index (χ2n) is 2.05. The molecule has 0 heterocycles. The summed E-state index contributed by atoms with van der Waals surface area (Å²) in [4.78, 5) is 10.3. The lowest BCUT2D eigenvalue weighted by molar-refractivity contribution is -0.140. The fourth-order valence-electron chi connectivity index (χ4n) is 0.536. The molecule has 0 aromatic heterocycles. The molecule has 0 bridgehead atoms. The molecular formula is C4H8O6S2. The van der Waals surface area contributed by atoms with Gasteiger partial charge < -0.3 is 14.2 Å². The molecule has 72 valence electrons. The van der Waals surface area contributed by atoms with Gasteiger partial charge in [-0.2, -0.15) is 0 Å². The average molecular weight is 216 g/mol. The zero-order valence-corrected chi connectivity index (χ0v) is 7.67. The van der Waals surface area contributed by atoms with Crippen LogP contribution in [0.3, 0.4) is 0 Å². The van der Waals surface area contributed by atoms with Crippen LogP contribution in [-0.2, 0) is 27.0 Å². The van der Waals surface area contributed by atoms with Crippen LogP contribution in [0.1, 0.15) is 6.92 Å². The number of rotatable bonds is 4. The largest absolute Gasteiger partial charge is 0.481 e. The summed E-state index contributed by atoms with van der Waals surface area (Å²) in [7, 11) is 0. The van der Waals surface area contributed by atoms with E-state index in [-0.39, 0.29) is 0 Å². The Morgan fingerprint density at radius 3 is 1.67 bits per heavy atom. The second-order valence-corrected chi connectivity index (χ2v) is 4.47. The lowest BCUT2D eigenvalue weighted by atomic mass is 10.2. The fraction of sp³-hybridized carbons (Fsp3) is 0.750. The summed E-state index contributed by atoms with van der Waals surface area (Å²) in [6, 6.07) is 0. The summed E-state index contributed by atoms with van der Waals surface area (Å²) in [6.45, 7) is 1.09. The summed E-state index contributed by atoms with van der Waals surface area (Å²) in [5.41, 5.74) is 0. The Kier molecular flexibility index (Phi) is 4.53. The zero-order chi connectivity index (χ0) is 9.89. The topological polar surface area (TPSA) is 112 Å². The summed E-state index contributed by atoms with van der Waals surface area (Å²) in [5.74, 6) is -2.72. The van der Waals surface area contributed by atoms with Crippen molar-refractivity contribution in [2.45, 2.75) is 11.5 Å². The van der Waals surface area contributed by atoms with E-state index in [1.807, 2.05) is 0 Å². The molecule has 6 nitrogen and oxygen atoms in total. The molecule has 8 heteroatoms. The highest BCUT2D eigenvalue weighted by Crippen LogP contribution is 2.11. The van der Waals surface area contributed by atoms with Gasteiger partial charge in [0, 0.05) is 0 Å². The minimum Gasteiger partial charge on any atom is -0.481 e. The Morgan fingerprint density at radius 1 is 1.25 bits per heavy atom. The minimum absolute atomic E-state index is 1.09. The van der Waals surface area contributed by atoms with Crippen molar-refractivity contribution in [3.63, 3.8) is 0 Å². The SMILES string of the molecule is CC(C(=O)O)C(S(=O)O)S(=O)O. The highest BCUT2D eigenvalue weighted by Gasteiger charge is 2.33. The van der Waals surface area contributed by atoms with E-state index in [2.05, 4.69) is 0 Å². The van der Waals surface area contributed by atoms with Gasteiger partial charge >= 0.3 is 5.97 Å². The van der Waals surface area contributed by atoms with E-state index in [4.69, 9.17) is 14.2 Å². The molecule has 0 rings (SSSR count). The van der Waals surface area contributed by atoms with E-state index in [1.165, 1.54) is 0 Å². The van der Waals surface area contributed by atoms with Gasteiger partial charge in [-0.3, -0.25) is 4.79 Å². The van der Waals surface area contributed by atoms with Crippen LogP contribution in [-0.4, -0.2) is 33.2 Å². The maximum Gasteiger partial charge on any atom is 0.308 e. The molecule has 0 saturated heterocycles. The fourth-order valence-corrected chi connectivity index (χ4v) is 2.03. The van der Waals surface area contributed by atoms with E-state index in [0.717, 1.165) is 6.92 Å². The van der Waals surface area contributed by atoms with Crippen LogP contribution in [0, 0.1) is 5.92 Å². The predicted octanol–water partition coefficient (Wildman–Crippen LogP) is -0.523. The molecule has 0 amide bonds. The van der Waals surface area contributed by atoms with Crippen molar-refractivity contribution in [1.29, 1.82) is 0 Å². The van der Waals surface area contributed by atoms with Gasteiger partial charge in [0.05, 0.1) is 5.92 Å².